The van der Waals surface area contributed by atoms with E-state index in [9.17, 15) is 28.4 Å². The predicted octanol–water partition coefficient (Wildman–Crippen LogP) is 4.72. The fourth-order valence-electron chi connectivity index (χ4n) is 8.76. The minimum atomic E-state index is -1.06. The second-order valence-electron chi connectivity index (χ2n) is 16.5. The van der Waals surface area contributed by atoms with Crippen LogP contribution in [0.15, 0.2) is 47.4 Å². The number of alkyl halides is 1. The van der Waals surface area contributed by atoms with E-state index in [2.05, 4.69) is 20.4 Å². The van der Waals surface area contributed by atoms with Crippen molar-refractivity contribution in [2.75, 3.05) is 60.9 Å². The number of imide groups is 1. The third-order valence-corrected chi connectivity index (χ3v) is 13.1. The lowest BCUT2D eigenvalue weighted by Gasteiger charge is -2.39. The number of amides is 4. The highest BCUT2D eigenvalue weighted by Gasteiger charge is 2.41. The average molecular weight is 829 g/mol. The minimum Gasteiger partial charge on any atom is -0.490 e. The molecule has 2 aromatic carbocycles. The summed E-state index contributed by atoms with van der Waals surface area (Å²) in [6, 6.07) is 8.49. The number of fused-ring (bicyclic) bond motifs is 2. The average Bonchev–Trinajstić information content (AvgIpc) is 3.64. The molecule has 14 nitrogen and oxygen atoms in total. The lowest BCUT2D eigenvalue weighted by Crippen LogP contribution is -2.52. The third-order valence-electron chi connectivity index (χ3n) is 12.1. The Bertz CT molecular complexity index is 2410. The van der Waals surface area contributed by atoms with Gasteiger partial charge in [0.25, 0.3) is 17.4 Å². The number of carbonyl (C=O) groups is 4. The van der Waals surface area contributed by atoms with Gasteiger partial charge in [-0.25, -0.2) is 13.8 Å². The van der Waals surface area contributed by atoms with Crippen LogP contribution in [0.2, 0.25) is 0 Å². The van der Waals surface area contributed by atoms with Gasteiger partial charge in [0.15, 0.2) is 5.13 Å². The Hall–Kier alpha value is -5.42. The first-order chi connectivity index (χ1) is 28.4. The van der Waals surface area contributed by atoms with Crippen molar-refractivity contribution in [2.45, 2.75) is 76.9 Å². The van der Waals surface area contributed by atoms with Crippen LogP contribution < -0.4 is 30.7 Å². The molecule has 1 saturated carbocycles. The molecule has 310 valence electrons. The van der Waals surface area contributed by atoms with Gasteiger partial charge in [-0.1, -0.05) is 11.3 Å². The standard InChI is InChI=1S/C42H46F2N8O6S/c1-23(2)58-35-20-31-36(18-27(35)38(54)45-30-4-3-9-51(41(30)57)34-19-29(34)44)59-42(46-31)50-14-12-48(13-15-50)21-24-7-10-49(11-8-24)33-17-26-25(16-28(33)43)22-52(40(26)56)32-5-6-37(53)47-39(32)55/h3-4,9,16-18,20,23-24,29,32,34H,5-8,10-15,19,21-22H2,1-2H3,(H,45,54)(H,47,53,55)/t29-,32?,34+/m1/s1. The highest BCUT2D eigenvalue weighted by molar-refractivity contribution is 7.22. The molecule has 0 bridgehead atoms. The van der Waals surface area contributed by atoms with Gasteiger partial charge in [0.2, 0.25) is 11.8 Å². The number of aromatic nitrogens is 2. The number of nitrogens with zero attached hydrogens (tertiary/aromatic N) is 6. The molecule has 1 aliphatic carbocycles. The number of rotatable bonds is 10. The third kappa shape index (κ3) is 7.77. The number of piperazine rings is 1. The van der Waals surface area contributed by atoms with Crippen molar-refractivity contribution >= 4 is 61.7 Å². The van der Waals surface area contributed by atoms with Crippen LogP contribution in [0.4, 0.5) is 25.3 Å². The molecular formula is C42H46F2N8O6S. The first-order valence-electron chi connectivity index (χ1n) is 20.4. The van der Waals surface area contributed by atoms with Crippen molar-refractivity contribution < 1.29 is 32.7 Å². The van der Waals surface area contributed by atoms with E-state index >= 15 is 4.39 Å². The van der Waals surface area contributed by atoms with E-state index in [1.165, 1.54) is 39.1 Å². The summed E-state index contributed by atoms with van der Waals surface area (Å²) in [4.78, 5) is 77.2. The Morgan fingerprint density at radius 2 is 1.78 bits per heavy atom. The Kier molecular flexibility index (Phi) is 10.4. The van der Waals surface area contributed by atoms with Crippen LogP contribution in [0.3, 0.4) is 0 Å². The fraction of sp³-hybridized carbons (Fsp3) is 0.476. The molecule has 4 fully saturated rings. The minimum absolute atomic E-state index is 0.0767. The molecule has 4 aliphatic heterocycles. The SMILES string of the molecule is CC(C)Oc1cc2nc(N3CCN(CC4CCN(c5cc6c(cc5F)CN(C5CCC(=O)NC5=O)C6=O)CC4)CC3)sc2cc1C(=O)Nc1cccn([C@H]2C[C@H]2F)c1=O. The first-order valence-corrected chi connectivity index (χ1v) is 21.2. The quantitative estimate of drug-likeness (QED) is 0.215. The summed E-state index contributed by atoms with van der Waals surface area (Å²) in [5, 5.41) is 5.89. The maximum absolute atomic E-state index is 15.5. The number of piperidine rings is 2. The maximum Gasteiger partial charge on any atom is 0.274 e. The van der Waals surface area contributed by atoms with Gasteiger partial charge in [-0.3, -0.25) is 34.2 Å². The molecule has 0 spiro atoms. The van der Waals surface area contributed by atoms with E-state index in [-0.39, 0.29) is 60.8 Å². The molecule has 17 heteroatoms. The normalized spacial score (nSPS) is 22.6. The van der Waals surface area contributed by atoms with E-state index in [0.717, 1.165) is 55.4 Å². The van der Waals surface area contributed by atoms with Crippen LogP contribution in [0, 0.1) is 11.7 Å². The highest BCUT2D eigenvalue weighted by atomic mass is 32.1. The van der Waals surface area contributed by atoms with Gasteiger partial charge in [0.05, 0.1) is 33.6 Å². The van der Waals surface area contributed by atoms with Crippen LogP contribution in [-0.4, -0.2) is 107 Å². The largest absolute Gasteiger partial charge is 0.490 e. The number of thiazole rings is 1. The number of anilines is 3. The van der Waals surface area contributed by atoms with Crippen LogP contribution in [0.25, 0.3) is 10.2 Å². The molecule has 1 unspecified atom stereocenters. The Morgan fingerprint density at radius 1 is 1.02 bits per heavy atom. The number of carbonyl (C=O) groups excluding carboxylic acids is 4. The summed E-state index contributed by atoms with van der Waals surface area (Å²) in [7, 11) is 0. The Balaban J connectivity index is 0.802. The second kappa shape index (κ2) is 15.6. The Morgan fingerprint density at radius 3 is 2.49 bits per heavy atom. The second-order valence-corrected chi connectivity index (χ2v) is 17.5. The molecular weight excluding hydrogens is 783 g/mol. The van der Waals surface area contributed by atoms with Gasteiger partial charge in [0.1, 0.15) is 29.5 Å². The van der Waals surface area contributed by atoms with Crippen molar-refractivity contribution in [2.24, 2.45) is 5.92 Å². The van der Waals surface area contributed by atoms with E-state index in [0.29, 0.717) is 47.1 Å². The van der Waals surface area contributed by atoms with Gasteiger partial charge in [-0.2, -0.15) is 0 Å². The van der Waals surface area contributed by atoms with Crippen LogP contribution in [0.1, 0.15) is 78.3 Å². The lowest BCUT2D eigenvalue weighted by molar-refractivity contribution is -0.136. The van der Waals surface area contributed by atoms with Gasteiger partial charge in [0, 0.05) is 83.0 Å². The van der Waals surface area contributed by atoms with E-state index < -0.39 is 35.6 Å². The van der Waals surface area contributed by atoms with Gasteiger partial charge < -0.3 is 29.3 Å². The molecule has 4 aromatic rings. The summed E-state index contributed by atoms with van der Waals surface area (Å²) in [5.74, 6) is -1.20. The number of hydrogen-bond acceptors (Lipinski definition) is 11. The number of pyridine rings is 1. The van der Waals surface area contributed by atoms with Crippen molar-refractivity contribution in [3.05, 3.63) is 75.5 Å². The summed E-state index contributed by atoms with van der Waals surface area (Å²) in [6.07, 6.45) is 2.76. The molecule has 3 saturated heterocycles. The van der Waals surface area contributed by atoms with Crippen molar-refractivity contribution in [1.82, 2.24) is 24.7 Å². The summed E-state index contributed by atoms with van der Waals surface area (Å²) in [5.41, 5.74) is 2.01. The Labute approximate surface area is 343 Å². The highest BCUT2D eigenvalue weighted by Crippen LogP contribution is 2.39. The van der Waals surface area contributed by atoms with Crippen molar-refractivity contribution in [1.29, 1.82) is 0 Å². The summed E-state index contributed by atoms with van der Waals surface area (Å²) >= 11 is 1.50. The van der Waals surface area contributed by atoms with Crippen LogP contribution >= 0.6 is 11.3 Å². The van der Waals surface area contributed by atoms with Gasteiger partial charge >= 0.3 is 0 Å². The molecule has 9 rings (SSSR count). The van der Waals surface area contributed by atoms with Crippen LogP contribution in [0.5, 0.6) is 5.75 Å². The fourth-order valence-corrected chi connectivity index (χ4v) is 9.80. The van der Waals surface area contributed by atoms with Crippen molar-refractivity contribution in [3.63, 3.8) is 0 Å². The number of hydrogen-bond donors (Lipinski definition) is 2. The van der Waals surface area contributed by atoms with E-state index in [4.69, 9.17) is 9.72 Å². The molecule has 2 aromatic heterocycles. The molecule has 4 amide bonds. The van der Waals surface area contributed by atoms with Crippen molar-refractivity contribution in [3.8, 4) is 5.75 Å². The number of ether oxygens (including phenoxy) is 1. The number of nitrogens with one attached hydrogen (secondary N) is 2. The first kappa shape index (κ1) is 39.1. The van der Waals surface area contributed by atoms with Gasteiger partial charge in [-0.15, -0.1) is 0 Å². The molecule has 59 heavy (non-hydrogen) atoms. The topological polar surface area (TPSA) is 149 Å². The summed E-state index contributed by atoms with van der Waals surface area (Å²) < 4.78 is 37.4. The molecule has 2 N–H and O–H groups in total. The molecule has 5 aliphatic rings. The van der Waals surface area contributed by atoms with E-state index in [1.54, 1.807) is 24.3 Å². The molecule has 3 atom stereocenters. The summed E-state index contributed by atoms with van der Waals surface area (Å²) in [6.45, 7) is 9.45. The van der Waals surface area contributed by atoms with Crippen LogP contribution in [-0.2, 0) is 16.1 Å². The smallest absolute Gasteiger partial charge is 0.274 e. The number of benzene rings is 2. The zero-order chi connectivity index (χ0) is 41.1. The molecule has 6 heterocycles. The van der Waals surface area contributed by atoms with E-state index in [1.807, 2.05) is 18.7 Å². The number of halogens is 2. The lowest BCUT2D eigenvalue weighted by atomic mass is 9.95. The monoisotopic (exact) mass is 828 g/mol. The molecule has 0 radical (unpaired) electrons. The zero-order valence-corrected chi connectivity index (χ0v) is 33.7. The predicted molar refractivity (Wildman–Crippen MR) is 219 cm³/mol. The van der Waals surface area contributed by atoms with Gasteiger partial charge in [-0.05, 0) is 74.9 Å². The maximum atomic E-state index is 15.5. The zero-order valence-electron chi connectivity index (χ0n) is 32.9.